The Hall–Kier alpha value is -0.610. The fourth-order valence-corrected chi connectivity index (χ4v) is 2.29. The van der Waals surface area contributed by atoms with E-state index >= 15 is 0 Å². The largest absolute Gasteiger partial charge is 0.380 e. The average molecular weight is 228 g/mol. The minimum Gasteiger partial charge on any atom is -0.380 e. The van der Waals surface area contributed by atoms with Crippen LogP contribution in [0.3, 0.4) is 0 Å². The third kappa shape index (κ3) is 3.76. The van der Waals surface area contributed by atoms with Crippen LogP contribution in [0, 0.1) is 11.8 Å². The zero-order chi connectivity index (χ0) is 12.0. The van der Waals surface area contributed by atoms with Crippen LogP contribution >= 0.6 is 0 Å². The third-order valence-corrected chi connectivity index (χ3v) is 3.45. The lowest BCUT2D eigenvalue weighted by atomic mass is 9.77. The van der Waals surface area contributed by atoms with Crippen molar-refractivity contribution in [2.75, 3.05) is 19.8 Å². The summed E-state index contributed by atoms with van der Waals surface area (Å²) in [5.41, 5.74) is 5.98. The van der Waals surface area contributed by atoms with Gasteiger partial charge < -0.3 is 15.8 Å². The van der Waals surface area contributed by atoms with Gasteiger partial charge in [0.15, 0.2) is 0 Å². The van der Waals surface area contributed by atoms with Crippen molar-refractivity contribution in [2.24, 2.45) is 17.6 Å². The van der Waals surface area contributed by atoms with Gasteiger partial charge in [-0.3, -0.25) is 4.79 Å². The number of carbonyl (C=O) groups is 1. The number of rotatable bonds is 5. The molecular formula is C12H24N2O2. The number of ether oxygens (including phenoxy) is 1. The van der Waals surface area contributed by atoms with Crippen LogP contribution in [-0.2, 0) is 9.53 Å². The van der Waals surface area contributed by atoms with E-state index in [1.165, 1.54) is 0 Å². The van der Waals surface area contributed by atoms with Gasteiger partial charge in [0.2, 0.25) is 5.91 Å². The molecule has 0 aromatic rings. The van der Waals surface area contributed by atoms with E-state index in [4.69, 9.17) is 10.5 Å². The lowest BCUT2D eigenvalue weighted by molar-refractivity contribution is -0.128. The number of hydrogen-bond donors (Lipinski definition) is 2. The number of nitrogens with one attached hydrogen (secondary N) is 1. The van der Waals surface area contributed by atoms with Gasteiger partial charge in [-0.25, -0.2) is 0 Å². The maximum absolute atomic E-state index is 11.9. The molecule has 1 fully saturated rings. The van der Waals surface area contributed by atoms with Gasteiger partial charge in [-0.1, -0.05) is 13.3 Å². The second-order valence-electron chi connectivity index (χ2n) is 4.55. The van der Waals surface area contributed by atoms with Gasteiger partial charge in [0.1, 0.15) is 0 Å². The Morgan fingerprint density at radius 3 is 2.94 bits per heavy atom. The summed E-state index contributed by atoms with van der Waals surface area (Å²) in [4.78, 5) is 11.9. The molecule has 1 aliphatic rings. The van der Waals surface area contributed by atoms with Gasteiger partial charge in [-0.05, 0) is 25.7 Å². The molecule has 1 aliphatic carbocycles. The molecular weight excluding hydrogens is 204 g/mol. The summed E-state index contributed by atoms with van der Waals surface area (Å²) in [5, 5.41) is 2.92. The molecule has 0 spiro atoms. The molecule has 0 aliphatic heterocycles. The number of amides is 1. The predicted octanol–water partition coefficient (Wildman–Crippen LogP) is 0.903. The Labute approximate surface area is 97.9 Å². The van der Waals surface area contributed by atoms with Gasteiger partial charge in [0, 0.05) is 25.1 Å². The standard InChI is InChI=1S/C12H24N2O2/c1-3-16-8-7-14-12(15)10-5-4-6-11(13)9(10)2/h9-11H,3-8,13H2,1-2H3,(H,14,15). The number of nitrogens with two attached hydrogens (primary N) is 1. The smallest absolute Gasteiger partial charge is 0.223 e. The summed E-state index contributed by atoms with van der Waals surface area (Å²) in [6.45, 7) is 5.92. The highest BCUT2D eigenvalue weighted by molar-refractivity contribution is 5.79. The quantitative estimate of drug-likeness (QED) is 0.687. The van der Waals surface area contributed by atoms with Crippen molar-refractivity contribution in [2.45, 2.75) is 39.2 Å². The normalized spacial score (nSPS) is 30.1. The van der Waals surface area contributed by atoms with Crippen molar-refractivity contribution in [3.63, 3.8) is 0 Å². The van der Waals surface area contributed by atoms with Crippen LogP contribution in [0.1, 0.15) is 33.1 Å². The molecule has 0 aromatic heterocycles. The van der Waals surface area contributed by atoms with E-state index in [1.807, 2.05) is 6.92 Å². The molecule has 4 nitrogen and oxygen atoms in total. The maximum atomic E-state index is 11.9. The first-order valence-corrected chi connectivity index (χ1v) is 6.27. The minimum atomic E-state index is 0.0883. The lowest BCUT2D eigenvalue weighted by Gasteiger charge is -2.32. The second kappa shape index (κ2) is 6.86. The molecule has 0 heterocycles. The summed E-state index contributed by atoms with van der Waals surface area (Å²) < 4.78 is 5.18. The first kappa shape index (κ1) is 13.5. The van der Waals surface area contributed by atoms with Crippen molar-refractivity contribution in [3.05, 3.63) is 0 Å². The summed E-state index contributed by atoms with van der Waals surface area (Å²) in [6, 6.07) is 0.177. The van der Waals surface area contributed by atoms with E-state index in [0.29, 0.717) is 25.7 Å². The summed E-state index contributed by atoms with van der Waals surface area (Å²) in [5.74, 6) is 0.522. The molecule has 0 aromatic carbocycles. The molecule has 16 heavy (non-hydrogen) atoms. The van der Waals surface area contributed by atoms with E-state index in [9.17, 15) is 4.79 Å². The highest BCUT2D eigenvalue weighted by atomic mass is 16.5. The van der Waals surface area contributed by atoms with Crippen molar-refractivity contribution in [3.8, 4) is 0 Å². The number of carbonyl (C=O) groups excluding carboxylic acids is 1. The van der Waals surface area contributed by atoms with Gasteiger partial charge >= 0.3 is 0 Å². The van der Waals surface area contributed by atoms with E-state index < -0.39 is 0 Å². The third-order valence-electron chi connectivity index (χ3n) is 3.45. The lowest BCUT2D eigenvalue weighted by Crippen LogP contribution is -2.44. The first-order valence-electron chi connectivity index (χ1n) is 6.27. The van der Waals surface area contributed by atoms with Crippen LogP contribution in [0.5, 0.6) is 0 Å². The summed E-state index contributed by atoms with van der Waals surface area (Å²) in [7, 11) is 0. The molecule has 3 atom stereocenters. The Kier molecular flexibility index (Phi) is 5.77. The van der Waals surface area contributed by atoms with Gasteiger partial charge in [-0.15, -0.1) is 0 Å². The Morgan fingerprint density at radius 1 is 1.50 bits per heavy atom. The van der Waals surface area contributed by atoms with Crippen molar-refractivity contribution in [1.29, 1.82) is 0 Å². The molecule has 0 bridgehead atoms. The Balaban J connectivity index is 2.29. The molecule has 3 N–H and O–H groups in total. The van der Waals surface area contributed by atoms with E-state index in [0.717, 1.165) is 19.3 Å². The first-order chi connectivity index (χ1) is 7.66. The topological polar surface area (TPSA) is 64.3 Å². The van der Waals surface area contributed by atoms with Crippen molar-refractivity contribution >= 4 is 5.91 Å². The fraction of sp³-hybridized carbons (Fsp3) is 0.917. The molecule has 0 radical (unpaired) electrons. The fourth-order valence-electron chi connectivity index (χ4n) is 2.29. The predicted molar refractivity (Wildman–Crippen MR) is 64.0 cm³/mol. The highest BCUT2D eigenvalue weighted by Crippen LogP contribution is 2.28. The van der Waals surface area contributed by atoms with Crippen LogP contribution in [-0.4, -0.2) is 31.7 Å². The average Bonchev–Trinajstić information content (AvgIpc) is 2.28. The van der Waals surface area contributed by atoms with E-state index in [-0.39, 0.29) is 17.9 Å². The second-order valence-corrected chi connectivity index (χ2v) is 4.55. The Bertz CT molecular complexity index is 221. The molecule has 4 heteroatoms. The van der Waals surface area contributed by atoms with Crippen LogP contribution in [0.4, 0.5) is 0 Å². The molecule has 1 rings (SSSR count). The SMILES string of the molecule is CCOCCNC(=O)C1CCCC(N)C1C. The molecule has 94 valence electrons. The summed E-state index contributed by atoms with van der Waals surface area (Å²) in [6.07, 6.45) is 3.08. The zero-order valence-electron chi connectivity index (χ0n) is 10.4. The highest BCUT2D eigenvalue weighted by Gasteiger charge is 2.32. The maximum Gasteiger partial charge on any atom is 0.223 e. The zero-order valence-corrected chi connectivity index (χ0v) is 10.4. The number of hydrogen-bond acceptors (Lipinski definition) is 3. The van der Waals surface area contributed by atoms with Crippen LogP contribution in [0.15, 0.2) is 0 Å². The molecule has 3 unspecified atom stereocenters. The van der Waals surface area contributed by atoms with Gasteiger partial charge in [0.25, 0.3) is 0 Å². The Morgan fingerprint density at radius 2 is 2.25 bits per heavy atom. The minimum absolute atomic E-state index is 0.0883. The molecule has 1 saturated carbocycles. The van der Waals surface area contributed by atoms with Crippen molar-refractivity contribution < 1.29 is 9.53 Å². The van der Waals surface area contributed by atoms with E-state index in [2.05, 4.69) is 12.2 Å². The van der Waals surface area contributed by atoms with Gasteiger partial charge in [-0.2, -0.15) is 0 Å². The van der Waals surface area contributed by atoms with Crippen LogP contribution < -0.4 is 11.1 Å². The van der Waals surface area contributed by atoms with Crippen LogP contribution in [0.25, 0.3) is 0 Å². The van der Waals surface area contributed by atoms with E-state index in [1.54, 1.807) is 0 Å². The molecule has 1 amide bonds. The van der Waals surface area contributed by atoms with Crippen molar-refractivity contribution in [1.82, 2.24) is 5.32 Å². The summed E-state index contributed by atoms with van der Waals surface area (Å²) >= 11 is 0. The molecule has 0 saturated heterocycles. The van der Waals surface area contributed by atoms with Crippen LogP contribution in [0.2, 0.25) is 0 Å². The monoisotopic (exact) mass is 228 g/mol. The van der Waals surface area contributed by atoms with Gasteiger partial charge in [0.05, 0.1) is 6.61 Å².